The number of carbonyl (C=O) groups is 1. The predicted octanol–water partition coefficient (Wildman–Crippen LogP) is -0.405. The van der Waals surface area contributed by atoms with Gasteiger partial charge in [-0.2, -0.15) is 0 Å². The number of hydrogen-bond acceptors (Lipinski definition) is 5. The van der Waals surface area contributed by atoms with Crippen LogP contribution in [0.25, 0.3) is 0 Å². The minimum atomic E-state index is -0.291. The highest BCUT2D eigenvalue weighted by atomic mass is 32.2. The fourth-order valence-electron chi connectivity index (χ4n) is 1.77. The smallest absolute Gasteiger partial charge is 0.230 e. The van der Waals surface area contributed by atoms with E-state index in [2.05, 4.69) is 10.6 Å². The zero-order valence-electron chi connectivity index (χ0n) is 10.3. The molecule has 1 rings (SSSR count). The first-order valence-electron chi connectivity index (χ1n) is 5.97. The van der Waals surface area contributed by atoms with Crippen molar-refractivity contribution in [3.8, 4) is 0 Å². The number of carbonyl (C=O) groups excluding carboxylic acids is 1. The average molecular weight is 262 g/mol. The van der Waals surface area contributed by atoms with E-state index in [-0.39, 0.29) is 18.6 Å². The van der Waals surface area contributed by atoms with Gasteiger partial charge in [0.2, 0.25) is 5.91 Å². The lowest BCUT2D eigenvalue weighted by molar-refractivity contribution is -0.120. The second kappa shape index (κ2) is 8.74. The fraction of sp³-hybridized carbons (Fsp3) is 0.909. The van der Waals surface area contributed by atoms with Crippen LogP contribution >= 0.6 is 11.8 Å². The number of hydrogen-bond donors (Lipinski definition) is 3. The minimum absolute atomic E-state index is 0.0235. The molecular formula is C11H22N2O3S. The van der Waals surface area contributed by atoms with Gasteiger partial charge in [-0.25, -0.2) is 0 Å². The number of rotatable bonds is 7. The fourth-order valence-corrected chi connectivity index (χ4v) is 2.81. The second-order valence-electron chi connectivity index (χ2n) is 4.16. The van der Waals surface area contributed by atoms with Crippen molar-refractivity contribution in [3.05, 3.63) is 0 Å². The van der Waals surface area contributed by atoms with E-state index in [4.69, 9.17) is 9.84 Å². The van der Waals surface area contributed by atoms with Crippen molar-refractivity contribution in [1.82, 2.24) is 10.6 Å². The maximum atomic E-state index is 11.6. The molecule has 6 heteroatoms. The number of aliphatic hydroxyl groups excluding tert-OH is 1. The number of piperidine rings is 1. The van der Waals surface area contributed by atoms with E-state index in [0.29, 0.717) is 17.6 Å². The number of methoxy groups -OCH3 is 1. The molecule has 5 nitrogen and oxygen atoms in total. The maximum Gasteiger partial charge on any atom is 0.230 e. The molecule has 1 saturated heterocycles. The summed E-state index contributed by atoms with van der Waals surface area (Å²) in [4.78, 5) is 11.6. The number of thioether (sulfide) groups is 1. The molecule has 0 saturated carbocycles. The predicted molar refractivity (Wildman–Crippen MR) is 69.2 cm³/mol. The zero-order valence-corrected chi connectivity index (χ0v) is 11.1. The molecule has 0 aliphatic carbocycles. The Kier molecular flexibility index (Phi) is 7.59. The molecule has 17 heavy (non-hydrogen) atoms. The van der Waals surface area contributed by atoms with Crippen LogP contribution in [-0.2, 0) is 9.53 Å². The van der Waals surface area contributed by atoms with E-state index in [1.807, 2.05) is 0 Å². The van der Waals surface area contributed by atoms with Gasteiger partial charge in [0.15, 0.2) is 0 Å². The Morgan fingerprint density at radius 1 is 1.59 bits per heavy atom. The summed E-state index contributed by atoms with van der Waals surface area (Å²) >= 11 is 1.70. The summed E-state index contributed by atoms with van der Waals surface area (Å²) in [5.74, 6) is 0.440. The van der Waals surface area contributed by atoms with Crippen molar-refractivity contribution < 1.29 is 14.6 Å². The van der Waals surface area contributed by atoms with Gasteiger partial charge in [-0.05, 0) is 25.9 Å². The lowest BCUT2D eigenvalue weighted by Gasteiger charge is -2.22. The highest BCUT2D eigenvalue weighted by molar-refractivity contribution is 8.00. The topological polar surface area (TPSA) is 70.6 Å². The first kappa shape index (κ1) is 14.8. The van der Waals surface area contributed by atoms with Gasteiger partial charge < -0.3 is 20.5 Å². The van der Waals surface area contributed by atoms with E-state index in [1.54, 1.807) is 18.9 Å². The van der Waals surface area contributed by atoms with Crippen molar-refractivity contribution >= 4 is 17.7 Å². The molecule has 1 aliphatic heterocycles. The maximum absolute atomic E-state index is 11.6. The second-order valence-corrected chi connectivity index (χ2v) is 5.45. The van der Waals surface area contributed by atoms with Crippen LogP contribution in [-0.4, -0.2) is 61.5 Å². The van der Waals surface area contributed by atoms with Crippen LogP contribution in [0, 0.1) is 0 Å². The third kappa shape index (κ3) is 6.26. The van der Waals surface area contributed by atoms with Crippen LogP contribution < -0.4 is 10.6 Å². The van der Waals surface area contributed by atoms with Crippen LogP contribution in [0.5, 0.6) is 0 Å². The third-order valence-corrected chi connectivity index (χ3v) is 4.06. The van der Waals surface area contributed by atoms with Crippen molar-refractivity contribution in [2.24, 2.45) is 0 Å². The first-order chi connectivity index (χ1) is 8.26. The molecule has 1 fully saturated rings. The van der Waals surface area contributed by atoms with Gasteiger partial charge in [-0.15, -0.1) is 11.8 Å². The molecule has 0 spiro atoms. The van der Waals surface area contributed by atoms with Crippen molar-refractivity contribution in [1.29, 1.82) is 0 Å². The standard InChI is InChI=1S/C11H22N2O3S/c1-16-7-9(6-14)13-11(15)8-17-10-2-4-12-5-3-10/h9-10,12,14H,2-8H2,1H3,(H,13,15). The Morgan fingerprint density at radius 3 is 2.88 bits per heavy atom. The largest absolute Gasteiger partial charge is 0.394 e. The minimum Gasteiger partial charge on any atom is -0.394 e. The summed E-state index contributed by atoms with van der Waals surface area (Å²) in [6.45, 7) is 2.35. The highest BCUT2D eigenvalue weighted by Gasteiger charge is 2.16. The first-order valence-corrected chi connectivity index (χ1v) is 7.02. The van der Waals surface area contributed by atoms with Gasteiger partial charge in [-0.1, -0.05) is 0 Å². The van der Waals surface area contributed by atoms with Crippen LogP contribution in [0.1, 0.15) is 12.8 Å². The Bertz CT molecular complexity index is 223. The van der Waals surface area contributed by atoms with Gasteiger partial charge in [0.1, 0.15) is 0 Å². The number of ether oxygens (including phenoxy) is 1. The summed E-state index contributed by atoms with van der Waals surface area (Å²) in [7, 11) is 1.55. The van der Waals surface area contributed by atoms with Crippen LogP contribution in [0.15, 0.2) is 0 Å². The Hall–Kier alpha value is -0.300. The van der Waals surface area contributed by atoms with Crippen molar-refractivity contribution in [3.63, 3.8) is 0 Å². The Morgan fingerprint density at radius 2 is 2.29 bits per heavy atom. The number of amides is 1. The zero-order chi connectivity index (χ0) is 12.5. The third-order valence-electron chi connectivity index (χ3n) is 2.69. The number of nitrogens with one attached hydrogen (secondary N) is 2. The molecule has 0 bridgehead atoms. The lowest BCUT2D eigenvalue weighted by atomic mass is 10.2. The summed E-state index contributed by atoms with van der Waals surface area (Å²) in [5, 5.41) is 15.6. The molecule has 1 unspecified atom stereocenters. The van der Waals surface area contributed by atoms with Crippen molar-refractivity contribution in [2.75, 3.05) is 39.2 Å². The molecular weight excluding hydrogens is 240 g/mol. The van der Waals surface area contributed by atoms with Crippen LogP contribution in [0.4, 0.5) is 0 Å². The van der Waals surface area contributed by atoms with Gasteiger partial charge >= 0.3 is 0 Å². The Labute approximate surface area is 107 Å². The van der Waals surface area contributed by atoms with E-state index in [9.17, 15) is 4.79 Å². The Balaban J connectivity index is 2.14. The normalized spacial score (nSPS) is 18.9. The SMILES string of the molecule is COCC(CO)NC(=O)CSC1CCNCC1. The monoisotopic (exact) mass is 262 g/mol. The molecule has 1 amide bonds. The van der Waals surface area contributed by atoms with Gasteiger partial charge in [0.25, 0.3) is 0 Å². The molecule has 1 heterocycles. The molecule has 100 valence electrons. The van der Waals surface area contributed by atoms with Crippen LogP contribution in [0.3, 0.4) is 0 Å². The van der Waals surface area contributed by atoms with E-state index in [1.165, 1.54) is 0 Å². The summed E-state index contributed by atoms with van der Waals surface area (Å²) in [5.41, 5.74) is 0. The molecule has 0 aromatic rings. The van der Waals surface area contributed by atoms with Gasteiger partial charge in [0.05, 0.1) is 25.0 Å². The van der Waals surface area contributed by atoms with Gasteiger partial charge in [-0.3, -0.25) is 4.79 Å². The average Bonchev–Trinajstić information content (AvgIpc) is 2.37. The van der Waals surface area contributed by atoms with Gasteiger partial charge in [0, 0.05) is 12.4 Å². The molecule has 0 aromatic carbocycles. The van der Waals surface area contributed by atoms with Crippen LogP contribution in [0.2, 0.25) is 0 Å². The molecule has 0 radical (unpaired) electrons. The van der Waals surface area contributed by atoms with Crippen molar-refractivity contribution in [2.45, 2.75) is 24.1 Å². The molecule has 0 aromatic heterocycles. The summed E-state index contributed by atoms with van der Waals surface area (Å²) < 4.78 is 4.90. The molecule has 1 aliphatic rings. The van der Waals surface area contributed by atoms with E-state index in [0.717, 1.165) is 25.9 Å². The number of aliphatic hydroxyl groups is 1. The summed E-state index contributed by atoms with van der Waals surface area (Å²) in [6, 6.07) is -0.291. The lowest BCUT2D eigenvalue weighted by Crippen LogP contribution is -2.42. The highest BCUT2D eigenvalue weighted by Crippen LogP contribution is 2.19. The van der Waals surface area contributed by atoms with E-state index < -0.39 is 0 Å². The summed E-state index contributed by atoms with van der Waals surface area (Å²) in [6.07, 6.45) is 2.25. The molecule has 1 atom stereocenters. The quantitative estimate of drug-likeness (QED) is 0.582. The molecule has 3 N–H and O–H groups in total. The van der Waals surface area contributed by atoms with E-state index >= 15 is 0 Å².